The molecule has 0 fully saturated rings. The van der Waals surface area contributed by atoms with Crippen molar-refractivity contribution in [3.8, 4) is 11.5 Å². The molecule has 2 N–H and O–H groups in total. The van der Waals surface area contributed by atoms with Gasteiger partial charge in [-0.15, -0.1) is 0 Å². The normalized spacial score (nSPS) is 11.0. The minimum Gasteiger partial charge on any atom is -0.493 e. The zero-order valence-electron chi connectivity index (χ0n) is 17.0. The fourth-order valence-corrected chi connectivity index (χ4v) is 3.56. The second kappa shape index (κ2) is 7.90. The maximum absolute atomic E-state index is 13.0. The van der Waals surface area contributed by atoms with Gasteiger partial charge in [0.1, 0.15) is 5.82 Å². The second-order valence-corrected chi connectivity index (χ2v) is 6.84. The molecule has 0 saturated heterocycles. The summed E-state index contributed by atoms with van der Waals surface area (Å²) in [6.45, 7) is 2.36. The molecule has 2 aromatic carbocycles. The molecule has 0 saturated carbocycles. The number of carbonyl (C=O) groups excluding carboxylic acids is 1. The fourth-order valence-electron chi connectivity index (χ4n) is 3.56. The van der Waals surface area contributed by atoms with Gasteiger partial charge in [0.05, 0.1) is 30.7 Å². The molecule has 2 heterocycles. The van der Waals surface area contributed by atoms with Crippen molar-refractivity contribution in [2.45, 2.75) is 13.5 Å². The molecule has 0 radical (unpaired) electrons. The highest BCUT2D eigenvalue weighted by atomic mass is 16.5. The molecule has 4 aromatic rings. The molecule has 0 atom stereocenters. The Hall–Kier alpha value is -3.81. The van der Waals surface area contributed by atoms with Crippen LogP contribution in [0.5, 0.6) is 11.5 Å². The van der Waals surface area contributed by atoms with Crippen LogP contribution in [0.25, 0.3) is 21.8 Å². The maximum Gasteiger partial charge on any atom is 0.261 e. The number of para-hydroxylation sites is 1. The van der Waals surface area contributed by atoms with E-state index in [2.05, 4.69) is 15.3 Å². The van der Waals surface area contributed by atoms with Crippen LogP contribution < -0.4 is 20.3 Å². The maximum atomic E-state index is 13.0. The molecule has 0 aliphatic carbocycles. The molecule has 30 heavy (non-hydrogen) atoms. The van der Waals surface area contributed by atoms with Crippen molar-refractivity contribution < 1.29 is 14.3 Å². The highest BCUT2D eigenvalue weighted by Crippen LogP contribution is 2.30. The molecule has 0 spiro atoms. The number of aromatic nitrogens is 3. The number of methoxy groups -OCH3 is 2. The van der Waals surface area contributed by atoms with E-state index in [0.29, 0.717) is 46.9 Å². The van der Waals surface area contributed by atoms with Crippen molar-refractivity contribution in [2.24, 2.45) is 0 Å². The lowest BCUT2D eigenvalue weighted by molar-refractivity contribution is 0.0953. The van der Waals surface area contributed by atoms with Crippen LogP contribution >= 0.6 is 0 Å². The number of nitrogens with zero attached hydrogens (tertiary/aromatic N) is 2. The highest BCUT2D eigenvalue weighted by Gasteiger charge is 2.14. The minimum absolute atomic E-state index is 0.195. The van der Waals surface area contributed by atoms with E-state index in [4.69, 9.17) is 9.47 Å². The first-order valence-corrected chi connectivity index (χ1v) is 9.51. The van der Waals surface area contributed by atoms with Gasteiger partial charge in [-0.25, -0.2) is 4.98 Å². The quantitative estimate of drug-likeness (QED) is 0.513. The number of hydrogen-bond donors (Lipinski definition) is 2. The fraction of sp³-hybridized carbons (Fsp3) is 0.227. The van der Waals surface area contributed by atoms with E-state index in [0.717, 1.165) is 10.9 Å². The molecule has 0 aliphatic rings. The molecule has 0 unspecified atom stereocenters. The topological polar surface area (TPSA) is 98.2 Å². The van der Waals surface area contributed by atoms with Crippen LogP contribution in [-0.4, -0.2) is 41.2 Å². The molecular formula is C22H22N4O4. The lowest BCUT2D eigenvalue weighted by atomic mass is 10.1. The Labute approximate surface area is 172 Å². The summed E-state index contributed by atoms with van der Waals surface area (Å²) in [7, 11) is 3.05. The van der Waals surface area contributed by atoms with Crippen molar-refractivity contribution >= 4 is 27.7 Å². The lowest BCUT2D eigenvalue weighted by Crippen LogP contribution is -2.32. The van der Waals surface area contributed by atoms with Crippen LogP contribution in [0.15, 0.2) is 47.4 Å². The van der Waals surface area contributed by atoms with Gasteiger partial charge in [-0.1, -0.05) is 18.2 Å². The Morgan fingerprint density at radius 3 is 2.63 bits per heavy atom. The number of rotatable bonds is 6. The van der Waals surface area contributed by atoms with Gasteiger partial charge in [0.25, 0.3) is 11.5 Å². The lowest BCUT2D eigenvalue weighted by Gasteiger charge is -2.13. The summed E-state index contributed by atoms with van der Waals surface area (Å²) in [6.07, 6.45) is 1.69. The number of ether oxygens (including phenoxy) is 2. The van der Waals surface area contributed by atoms with Gasteiger partial charge in [0, 0.05) is 36.3 Å². The smallest absolute Gasteiger partial charge is 0.261 e. The zero-order valence-corrected chi connectivity index (χ0v) is 17.0. The average Bonchev–Trinajstić information content (AvgIpc) is 3.19. The minimum atomic E-state index is -0.196. The SMILES string of the molecule is COc1cc2nc(C)n(CCNC(=O)c3c[nH]c4ccccc34)c(=O)c2cc1OC. The molecule has 0 aliphatic heterocycles. The van der Waals surface area contributed by atoms with Crippen molar-refractivity contribution in [2.75, 3.05) is 20.8 Å². The Morgan fingerprint density at radius 2 is 1.87 bits per heavy atom. The summed E-state index contributed by atoms with van der Waals surface area (Å²) in [6, 6.07) is 10.9. The molecule has 2 aromatic heterocycles. The van der Waals surface area contributed by atoms with E-state index in [1.165, 1.54) is 14.2 Å². The largest absolute Gasteiger partial charge is 0.493 e. The number of hydrogen-bond acceptors (Lipinski definition) is 5. The molecule has 1 amide bonds. The van der Waals surface area contributed by atoms with Crippen molar-refractivity contribution in [3.05, 3.63) is 64.3 Å². The molecule has 8 heteroatoms. The first-order chi connectivity index (χ1) is 14.5. The number of amides is 1. The Morgan fingerprint density at radius 1 is 1.13 bits per heavy atom. The van der Waals surface area contributed by atoms with Gasteiger partial charge in [-0.05, 0) is 19.1 Å². The Kier molecular flexibility index (Phi) is 5.14. The van der Waals surface area contributed by atoms with Gasteiger partial charge >= 0.3 is 0 Å². The number of nitrogens with one attached hydrogen (secondary N) is 2. The summed E-state index contributed by atoms with van der Waals surface area (Å²) in [5, 5.41) is 4.17. The van der Waals surface area contributed by atoms with Crippen LogP contribution in [0.1, 0.15) is 16.2 Å². The third-order valence-corrected chi connectivity index (χ3v) is 5.11. The van der Waals surface area contributed by atoms with Crippen LogP contribution in [-0.2, 0) is 6.54 Å². The van der Waals surface area contributed by atoms with Crippen LogP contribution in [0.4, 0.5) is 0 Å². The van der Waals surface area contributed by atoms with E-state index in [9.17, 15) is 9.59 Å². The molecule has 0 bridgehead atoms. The predicted molar refractivity (Wildman–Crippen MR) is 114 cm³/mol. The van der Waals surface area contributed by atoms with Gasteiger partial charge in [0.15, 0.2) is 11.5 Å². The van der Waals surface area contributed by atoms with Gasteiger partial charge in [0.2, 0.25) is 0 Å². The summed E-state index contributed by atoms with van der Waals surface area (Å²) in [5.41, 5.74) is 1.81. The van der Waals surface area contributed by atoms with Gasteiger partial charge in [-0.2, -0.15) is 0 Å². The van der Waals surface area contributed by atoms with Gasteiger partial charge < -0.3 is 19.8 Å². The van der Waals surface area contributed by atoms with Crippen molar-refractivity contribution in [3.63, 3.8) is 0 Å². The van der Waals surface area contributed by atoms with Crippen molar-refractivity contribution in [1.82, 2.24) is 19.9 Å². The number of H-pyrrole nitrogens is 1. The van der Waals surface area contributed by atoms with E-state index >= 15 is 0 Å². The summed E-state index contributed by atoms with van der Waals surface area (Å²) >= 11 is 0. The monoisotopic (exact) mass is 406 g/mol. The number of aromatic amines is 1. The van der Waals surface area contributed by atoms with Crippen LogP contribution in [0.2, 0.25) is 0 Å². The number of aryl methyl sites for hydroxylation is 1. The zero-order chi connectivity index (χ0) is 21.3. The summed E-state index contributed by atoms with van der Waals surface area (Å²) < 4.78 is 12.1. The van der Waals surface area contributed by atoms with Crippen LogP contribution in [0.3, 0.4) is 0 Å². The molecule has 4 rings (SSSR count). The number of carbonyl (C=O) groups is 1. The third kappa shape index (κ3) is 3.36. The summed E-state index contributed by atoms with van der Waals surface area (Å²) in [4.78, 5) is 33.2. The predicted octanol–water partition coefficient (Wildman–Crippen LogP) is 2.63. The van der Waals surface area contributed by atoms with E-state index in [-0.39, 0.29) is 11.5 Å². The summed E-state index contributed by atoms with van der Waals surface area (Å²) in [5.74, 6) is 1.34. The number of benzene rings is 2. The first kappa shape index (κ1) is 19.5. The first-order valence-electron chi connectivity index (χ1n) is 9.51. The molecule has 8 nitrogen and oxygen atoms in total. The van der Waals surface area contributed by atoms with Gasteiger partial charge in [-0.3, -0.25) is 14.2 Å². The molecule has 154 valence electrons. The molecular weight excluding hydrogens is 384 g/mol. The van der Waals surface area contributed by atoms with E-state index in [1.54, 1.807) is 29.8 Å². The number of fused-ring (bicyclic) bond motifs is 2. The third-order valence-electron chi connectivity index (χ3n) is 5.11. The average molecular weight is 406 g/mol. The second-order valence-electron chi connectivity index (χ2n) is 6.84. The Balaban J connectivity index is 1.56. The van der Waals surface area contributed by atoms with Crippen LogP contribution in [0, 0.1) is 6.92 Å². The Bertz CT molecular complexity index is 1310. The van der Waals surface area contributed by atoms with E-state index in [1.807, 2.05) is 24.3 Å². The highest BCUT2D eigenvalue weighted by molar-refractivity contribution is 6.06. The van der Waals surface area contributed by atoms with Crippen molar-refractivity contribution in [1.29, 1.82) is 0 Å². The van der Waals surface area contributed by atoms with E-state index < -0.39 is 0 Å². The standard InChI is InChI=1S/C22H22N4O4/c1-13-25-18-11-20(30-3)19(29-2)10-15(18)22(28)26(13)9-8-23-21(27)16-12-24-17-7-5-4-6-14(16)17/h4-7,10-12,24H,8-9H2,1-3H3,(H,23,27).